The van der Waals surface area contributed by atoms with E-state index in [9.17, 15) is 9.59 Å². The Morgan fingerprint density at radius 2 is 2.03 bits per heavy atom. The van der Waals surface area contributed by atoms with Gasteiger partial charge in [0.25, 0.3) is 5.91 Å². The Morgan fingerprint density at radius 1 is 1.26 bits per heavy atom. The average molecular weight is 462 g/mol. The number of amides is 2. The molecule has 0 bridgehead atoms. The van der Waals surface area contributed by atoms with Crippen molar-refractivity contribution in [2.75, 3.05) is 36.4 Å². The van der Waals surface area contributed by atoms with Crippen LogP contribution in [0.25, 0.3) is 0 Å². The van der Waals surface area contributed by atoms with E-state index in [4.69, 9.17) is 22.1 Å². The maximum absolute atomic E-state index is 12.3. The quantitative estimate of drug-likeness (QED) is 0.301. The van der Waals surface area contributed by atoms with Gasteiger partial charge in [-0.05, 0) is 49.2 Å². The third-order valence-electron chi connectivity index (χ3n) is 5.07. The van der Waals surface area contributed by atoms with E-state index in [2.05, 4.69) is 15.6 Å². The number of carbonyl (C=O) groups excluding carboxylic acids is 2. The second-order valence-electron chi connectivity index (χ2n) is 7.48. The number of nitrogens with zero attached hydrogens (tertiary/aromatic N) is 2. The van der Waals surface area contributed by atoms with Crippen LogP contribution >= 0.6 is 22.9 Å². The summed E-state index contributed by atoms with van der Waals surface area (Å²) in [6.45, 7) is 1.93. The predicted molar refractivity (Wildman–Crippen MR) is 123 cm³/mol. The molecule has 2 amide bonds. The maximum atomic E-state index is 12.3. The number of hydrogen-bond donors (Lipinski definition) is 3. The molecule has 1 aromatic heterocycles. The van der Waals surface area contributed by atoms with Crippen molar-refractivity contribution in [2.24, 2.45) is 16.6 Å². The van der Waals surface area contributed by atoms with Crippen LogP contribution in [0.3, 0.4) is 0 Å². The Labute approximate surface area is 189 Å². The van der Waals surface area contributed by atoms with Crippen molar-refractivity contribution in [3.8, 4) is 0 Å². The van der Waals surface area contributed by atoms with Gasteiger partial charge in [0.2, 0.25) is 0 Å². The molecule has 2 heterocycles. The zero-order valence-electron chi connectivity index (χ0n) is 16.8. The molecule has 1 aromatic carbocycles. The number of thiophene rings is 1. The summed E-state index contributed by atoms with van der Waals surface area (Å²) < 4.78 is 5.94. The minimum absolute atomic E-state index is 0.231. The molecular weight excluding hydrogens is 438 g/mol. The van der Waals surface area contributed by atoms with Crippen molar-refractivity contribution < 1.29 is 14.3 Å². The van der Waals surface area contributed by atoms with Gasteiger partial charge in [0.1, 0.15) is 6.10 Å². The number of aliphatic imine (C=N–C) groups is 1. The van der Waals surface area contributed by atoms with Crippen LogP contribution in [0.4, 0.5) is 16.2 Å². The maximum Gasteiger partial charge on any atom is 0.414 e. The number of carbonyl (C=O) groups is 2. The largest absolute Gasteiger partial charge is 0.442 e. The lowest BCUT2D eigenvalue weighted by Gasteiger charge is -2.14. The van der Waals surface area contributed by atoms with Gasteiger partial charge in [-0.3, -0.25) is 14.7 Å². The number of hydrogen-bond acceptors (Lipinski definition) is 6. The smallest absolute Gasteiger partial charge is 0.414 e. The molecule has 2 aromatic rings. The van der Waals surface area contributed by atoms with E-state index in [0.717, 1.165) is 30.1 Å². The number of anilines is 2. The summed E-state index contributed by atoms with van der Waals surface area (Å²) in [6, 6.07) is 10.9. The van der Waals surface area contributed by atoms with Gasteiger partial charge in [0.05, 0.1) is 34.7 Å². The molecule has 2 fully saturated rings. The number of nitrogens with one attached hydrogen (secondary N) is 2. The minimum Gasteiger partial charge on any atom is -0.442 e. The first-order valence-electron chi connectivity index (χ1n) is 10.1. The number of ether oxygens (including phenoxy) is 1. The number of amidine groups is 1. The third kappa shape index (κ3) is 5.68. The van der Waals surface area contributed by atoms with Crippen LogP contribution in [0.1, 0.15) is 22.5 Å². The molecule has 31 heavy (non-hydrogen) atoms. The molecule has 8 nitrogen and oxygen atoms in total. The van der Waals surface area contributed by atoms with E-state index in [-0.39, 0.29) is 12.5 Å². The van der Waals surface area contributed by atoms with E-state index in [0.29, 0.717) is 34.8 Å². The molecule has 4 rings (SSSR count). The second-order valence-corrected chi connectivity index (χ2v) is 9.20. The Balaban J connectivity index is 1.23. The molecule has 1 atom stereocenters. The first-order chi connectivity index (χ1) is 15.0. The molecule has 1 aliphatic heterocycles. The van der Waals surface area contributed by atoms with Crippen molar-refractivity contribution in [2.45, 2.75) is 18.9 Å². The topological polar surface area (TPSA) is 109 Å². The molecule has 0 spiro atoms. The van der Waals surface area contributed by atoms with Gasteiger partial charge in [0.15, 0.2) is 0 Å². The number of nitrogens with two attached hydrogens (primary N) is 1. The van der Waals surface area contributed by atoms with Crippen molar-refractivity contribution in [1.82, 2.24) is 5.32 Å². The normalized spacial score (nSPS) is 18.7. The number of cyclic esters (lactones) is 1. The average Bonchev–Trinajstić information content (AvgIpc) is 3.43. The summed E-state index contributed by atoms with van der Waals surface area (Å²) >= 11 is 7.06. The highest BCUT2D eigenvalue weighted by Gasteiger charge is 2.32. The molecule has 1 saturated carbocycles. The van der Waals surface area contributed by atoms with Gasteiger partial charge >= 0.3 is 6.09 Å². The van der Waals surface area contributed by atoms with E-state index in [1.54, 1.807) is 17.0 Å². The first kappa shape index (κ1) is 21.5. The lowest BCUT2D eigenvalue weighted by molar-refractivity contribution is 0.0920. The van der Waals surface area contributed by atoms with Crippen molar-refractivity contribution >= 4 is 52.1 Å². The molecule has 0 radical (unpaired) electrons. The molecule has 1 aliphatic carbocycles. The number of benzene rings is 1. The summed E-state index contributed by atoms with van der Waals surface area (Å²) in [6.07, 6.45) is 1.46. The standard InChI is InChI=1S/C21H24ClN5O3S/c22-18-8-7-17(31-18)20(28)26-11-16-12-27(21(29)30-16)15-5-3-14(4-6-15)24-9-10-25-19(23)13-1-2-13/h3-8,13,16,24H,1-2,9-12H2,(H2,23,25)(H,26,28). The van der Waals surface area contributed by atoms with E-state index >= 15 is 0 Å². The van der Waals surface area contributed by atoms with Crippen molar-refractivity contribution in [3.05, 3.63) is 45.6 Å². The van der Waals surface area contributed by atoms with Gasteiger partial charge in [-0.2, -0.15) is 0 Å². The molecule has 2 aliphatic rings. The molecule has 1 unspecified atom stereocenters. The molecule has 164 valence electrons. The number of rotatable bonds is 9. The van der Waals surface area contributed by atoms with Crippen LogP contribution in [0.5, 0.6) is 0 Å². The highest BCUT2D eigenvalue weighted by Crippen LogP contribution is 2.28. The van der Waals surface area contributed by atoms with Crippen molar-refractivity contribution in [3.63, 3.8) is 0 Å². The van der Waals surface area contributed by atoms with Crippen LogP contribution in [0.2, 0.25) is 4.34 Å². The first-order valence-corrected chi connectivity index (χ1v) is 11.3. The van der Waals surface area contributed by atoms with E-state index in [1.807, 2.05) is 24.3 Å². The van der Waals surface area contributed by atoms with E-state index < -0.39 is 12.2 Å². The van der Waals surface area contributed by atoms with Gasteiger partial charge in [-0.1, -0.05) is 11.6 Å². The molecular formula is C21H24ClN5O3S. The van der Waals surface area contributed by atoms with Crippen LogP contribution in [-0.2, 0) is 4.74 Å². The van der Waals surface area contributed by atoms with Gasteiger partial charge < -0.3 is 21.1 Å². The fraction of sp³-hybridized carbons (Fsp3) is 0.381. The molecule has 4 N–H and O–H groups in total. The molecule has 10 heteroatoms. The van der Waals surface area contributed by atoms with Crippen molar-refractivity contribution in [1.29, 1.82) is 0 Å². The summed E-state index contributed by atoms with van der Waals surface area (Å²) in [4.78, 5) is 30.8. The lowest BCUT2D eigenvalue weighted by Crippen LogP contribution is -2.34. The zero-order valence-corrected chi connectivity index (χ0v) is 18.4. The number of halogens is 1. The summed E-state index contributed by atoms with van der Waals surface area (Å²) in [5.74, 6) is 1.02. The predicted octanol–water partition coefficient (Wildman–Crippen LogP) is 3.34. The van der Waals surface area contributed by atoms with E-state index in [1.165, 1.54) is 11.3 Å². The van der Waals surface area contributed by atoms with Gasteiger partial charge in [-0.15, -0.1) is 11.3 Å². The van der Waals surface area contributed by atoms with Crippen LogP contribution < -0.4 is 21.3 Å². The highest BCUT2D eigenvalue weighted by molar-refractivity contribution is 7.18. The SMILES string of the molecule is NC(=NCCNc1ccc(N2CC(CNC(=O)c3ccc(Cl)s3)OC2=O)cc1)C1CC1. The fourth-order valence-corrected chi connectivity index (χ4v) is 4.18. The van der Waals surface area contributed by atoms with Crippen LogP contribution in [-0.4, -0.2) is 50.1 Å². The minimum atomic E-state index is -0.427. The highest BCUT2D eigenvalue weighted by atomic mass is 35.5. The Hall–Kier alpha value is -2.78. The zero-order chi connectivity index (χ0) is 21.8. The van der Waals surface area contributed by atoms with Gasteiger partial charge in [0, 0.05) is 23.8 Å². The Morgan fingerprint density at radius 3 is 2.71 bits per heavy atom. The molecule has 1 saturated heterocycles. The lowest BCUT2D eigenvalue weighted by atomic mass is 10.2. The summed E-state index contributed by atoms with van der Waals surface area (Å²) in [5.41, 5.74) is 7.57. The second kappa shape index (κ2) is 9.57. The van der Waals surface area contributed by atoms with Crippen LogP contribution in [0, 0.1) is 5.92 Å². The van der Waals surface area contributed by atoms with Crippen LogP contribution in [0.15, 0.2) is 41.4 Å². The Bertz CT molecular complexity index is 974. The Kier molecular flexibility index (Phi) is 6.62. The summed E-state index contributed by atoms with van der Waals surface area (Å²) in [5, 5.41) is 6.08. The summed E-state index contributed by atoms with van der Waals surface area (Å²) in [7, 11) is 0. The monoisotopic (exact) mass is 461 g/mol. The fourth-order valence-electron chi connectivity index (χ4n) is 3.22. The third-order valence-corrected chi connectivity index (χ3v) is 6.30. The van der Waals surface area contributed by atoms with Gasteiger partial charge in [-0.25, -0.2) is 4.79 Å².